The predicted molar refractivity (Wildman–Crippen MR) is 82.3 cm³/mol. The van der Waals surface area contributed by atoms with Gasteiger partial charge in [0, 0.05) is 6.54 Å². The number of rotatable bonds is 6. The molecule has 0 aromatic carbocycles. The summed E-state index contributed by atoms with van der Waals surface area (Å²) >= 11 is 13.2. The highest BCUT2D eigenvalue weighted by atomic mass is 35.5. The van der Waals surface area contributed by atoms with Crippen LogP contribution in [-0.4, -0.2) is 34.7 Å². The molecule has 2 rings (SSSR count). The van der Waals surface area contributed by atoms with Gasteiger partial charge in [0.2, 0.25) is 0 Å². The van der Waals surface area contributed by atoms with Gasteiger partial charge < -0.3 is 15.2 Å². The molecule has 0 spiro atoms. The first kappa shape index (κ1) is 15.7. The monoisotopic (exact) mass is 334 g/mol. The lowest BCUT2D eigenvalue weighted by atomic mass is 10.2. The van der Waals surface area contributed by atoms with Crippen molar-refractivity contribution in [3.63, 3.8) is 0 Å². The quantitative estimate of drug-likeness (QED) is 0.876. The lowest BCUT2D eigenvalue weighted by molar-refractivity contribution is 0.278. The van der Waals surface area contributed by atoms with Crippen molar-refractivity contribution in [1.29, 1.82) is 0 Å². The first-order valence-corrected chi connectivity index (χ1v) is 7.89. The van der Waals surface area contributed by atoms with E-state index in [0.29, 0.717) is 32.5 Å². The van der Waals surface area contributed by atoms with Crippen LogP contribution in [0.3, 0.4) is 0 Å². The van der Waals surface area contributed by atoms with Gasteiger partial charge in [0.25, 0.3) is 5.89 Å². The molecule has 2 heterocycles. The molecule has 0 amide bonds. The van der Waals surface area contributed by atoms with Gasteiger partial charge in [0.15, 0.2) is 5.82 Å². The van der Waals surface area contributed by atoms with Gasteiger partial charge in [-0.1, -0.05) is 42.2 Å². The molecule has 8 heteroatoms. The molecule has 110 valence electrons. The van der Waals surface area contributed by atoms with Crippen LogP contribution in [0.5, 0.6) is 0 Å². The molecule has 0 aliphatic carbocycles. The van der Waals surface area contributed by atoms with Crippen molar-refractivity contribution in [3.05, 3.63) is 20.6 Å². The zero-order chi connectivity index (χ0) is 14.7. The van der Waals surface area contributed by atoms with Gasteiger partial charge in [-0.2, -0.15) is 4.98 Å². The minimum atomic E-state index is -0.291. The average molecular weight is 335 g/mol. The Bertz CT molecular complexity index is 568. The summed E-state index contributed by atoms with van der Waals surface area (Å²) in [7, 11) is 0. The number of halogens is 2. The number of nitrogens with zero attached hydrogens (tertiary/aromatic N) is 3. The van der Waals surface area contributed by atoms with Crippen molar-refractivity contribution in [3.8, 4) is 11.5 Å². The molecule has 2 N–H and O–H groups in total. The Labute approximate surface area is 131 Å². The van der Waals surface area contributed by atoms with Crippen LogP contribution in [-0.2, 0) is 0 Å². The van der Waals surface area contributed by atoms with Crippen LogP contribution in [0, 0.1) is 0 Å². The fourth-order valence-corrected chi connectivity index (χ4v) is 3.27. The largest absolute Gasteiger partial charge is 0.334 e. The van der Waals surface area contributed by atoms with Crippen LogP contribution in [0.25, 0.3) is 11.5 Å². The molecule has 0 aliphatic rings. The first-order chi connectivity index (χ1) is 9.55. The lowest BCUT2D eigenvalue weighted by Gasteiger charge is -2.20. The van der Waals surface area contributed by atoms with Crippen molar-refractivity contribution < 1.29 is 4.52 Å². The second kappa shape index (κ2) is 6.87. The summed E-state index contributed by atoms with van der Waals surface area (Å²) in [6, 6.07) is 1.42. The van der Waals surface area contributed by atoms with Gasteiger partial charge in [-0.05, 0) is 19.2 Å². The van der Waals surface area contributed by atoms with E-state index in [0.717, 1.165) is 13.1 Å². The van der Waals surface area contributed by atoms with Crippen molar-refractivity contribution >= 4 is 34.5 Å². The molecule has 0 saturated heterocycles. The Morgan fingerprint density at radius 1 is 1.40 bits per heavy atom. The second-order valence-corrected chi connectivity index (χ2v) is 6.57. The van der Waals surface area contributed by atoms with Crippen molar-refractivity contribution in [2.24, 2.45) is 5.73 Å². The van der Waals surface area contributed by atoms with Crippen LogP contribution in [0.2, 0.25) is 8.67 Å². The highest BCUT2D eigenvalue weighted by molar-refractivity contribution is 7.20. The van der Waals surface area contributed by atoms with E-state index in [9.17, 15) is 0 Å². The molecule has 2 aromatic heterocycles. The van der Waals surface area contributed by atoms with Gasteiger partial charge in [-0.3, -0.25) is 0 Å². The molecule has 1 atom stereocenters. The Morgan fingerprint density at radius 2 is 2.10 bits per heavy atom. The summed E-state index contributed by atoms with van der Waals surface area (Å²) in [5.74, 6) is 0.827. The summed E-state index contributed by atoms with van der Waals surface area (Å²) in [6.07, 6.45) is 0. The van der Waals surface area contributed by atoms with E-state index in [1.54, 1.807) is 6.07 Å². The molecule has 0 aliphatic heterocycles. The fourth-order valence-electron chi connectivity index (χ4n) is 1.82. The first-order valence-electron chi connectivity index (χ1n) is 6.31. The van der Waals surface area contributed by atoms with Crippen LogP contribution in [0.4, 0.5) is 0 Å². The van der Waals surface area contributed by atoms with Crippen LogP contribution in [0.1, 0.15) is 25.7 Å². The third kappa shape index (κ3) is 3.51. The third-order valence-electron chi connectivity index (χ3n) is 3.01. The summed E-state index contributed by atoms with van der Waals surface area (Å²) in [6.45, 7) is 6.72. The smallest absolute Gasteiger partial charge is 0.260 e. The minimum Gasteiger partial charge on any atom is -0.334 e. The molecule has 20 heavy (non-hydrogen) atoms. The molecule has 5 nitrogen and oxygen atoms in total. The number of thiophene rings is 1. The van der Waals surface area contributed by atoms with E-state index >= 15 is 0 Å². The molecule has 0 bridgehead atoms. The molecular formula is C12H16Cl2N4OS. The van der Waals surface area contributed by atoms with Crippen LogP contribution < -0.4 is 5.73 Å². The van der Waals surface area contributed by atoms with Gasteiger partial charge in [-0.25, -0.2) is 0 Å². The zero-order valence-corrected chi connectivity index (χ0v) is 13.6. The van der Waals surface area contributed by atoms with Gasteiger partial charge in [0.1, 0.15) is 4.34 Å². The molecule has 1 unspecified atom stereocenters. The number of aromatic nitrogens is 2. The van der Waals surface area contributed by atoms with Crippen molar-refractivity contribution in [2.75, 3.05) is 19.6 Å². The summed E-state index contributed by atoms with van der Waals surface area (Å²) in [5.41, 5.74) is 6.75. The molecule has 2 aromatic rings. The maximum Gasteiger partial charge on any atom is 0.260 e. The highest BCUT2D eigenvalue weighted by Crippen LogP contribution is 2.37. The molecule has 0 radical (unpaired) electrons. The fraction of sp³-hybridized carbons (Fsp3) is 0.500. The van der Waals surface area contributed by atoms with Gasteiger partial charge >= 0.3 is 0 Å². The van der Waals surface area contributed by atoms with E-state index in [4.69, 9.17) is 33.5 Å². The number of hydrogen-bond acceptors (Lipinski definition) is 6. The topological polar surface area (TPSA) is 68.2 Å². The van der Waals surface area contributed by atoms with E-state index in [2.05, 4.69) is 28.9 Å². The Hall–Kier alpha value is -0.660. The summed E-state index contributed by atoms with van der Waals surface area (Å²) in [4.78, 5) is 6.51. The zero-order valence-electron chi connectivity index (χ0n) is 11.3. The predicted octanol–water partition coefficient (Wildman–Crippen LogP) is 3.45. The molecule has 0 fully saturated rings. The summed E-state index contributed by atoms with van der Waals surface area (Å²) in [5, 5.41) is 3.93. The SMILES string of the molecule is CCN(CC)CC(N)c1noc(-c2cc(Cl)sc2Cl)n1. The lowest BCUT2D eigenvalue weighted by Crippen LogP contribution is -2.32. The van der Waals surface area contributed by atoms with E-state index in [-0.39, 0.29) is 6.04 Å². The summed E-state index contributed by atoms with van der Waals surface area (Å²) < 4.78 is 6.33. The third-order valence-corrected chi connectivity index (χ3v) is 4.50. The van der Waals surface area contributed by atoms with Crippen LogP contribution in [0.15, 0.2) is 10.6 Å². The number of nitrogens with two attached hydrogens (primary N) is 1. The maximum absolute atomic E-state index is 6.10. The van der Waals surface area contributed by atoms with Crippen LogP contribution >= 0.6 is 34.5 Å². The van der Waals surface area contributed by atoms with E-state index < -0.39 is 0 Å². The maximum atomic E-state index is 6.10. The minimum absolute atomic E-state index is 0.291. The normalized spacial score (nSPS) is 13.1. The standard InChI is InChI=1S/C12H16Cl2N4OS/c1-3-18(4-2)6-8(15)11-16-12(19-17-11)7-5-9(13)20-10(7)14/h5,8H,3-4,6,15H2,1-2H3. The Morgan fingerprint density at radius 3 is 2.65 bits per heavy atom. The Balaban J connectivity index is 2.14. The van der Waals surface area contributed by atoms with Gasteiger partial charge in [0.05, 0.1) is 15.9 Å². The number of likely N-dealkylation sites (N-methyl/N-ethyl adjacent to an activating group) is 1. The van der Waals surface area contributed by atoms with Crippen molar-refractivity contribution in [1.82, 2.24) is 15.0 Å². The molecular weight excluding hydrogens is 319 g/mol. The highest BCUT2D eigenvalue weighted by Gasteiger charge is 2.20. The molecule has 0 saturated carbocycles. The van der Waals surface area contributed by atoms with E-state index in [1.165, 1.54) is 11.3 Å². The number of hydrogen-bond donors (Lipinski definition) is 1. The van der Waals surface area contributed by atoms with E-state index in [1.807, 2.05) is 0 Å². The second-order valence-electron chi connectivity index (χ2n) is 4.29. The van der Waals surface area contributed by atoms with Gasteiger partial charge in [-0.15, -0.1) is 11.3 Å². The Kier molecular flexibility index (Phi) is 5.40. The van der Waals surface area contributed by atoms with Crippen molar-refractivity contribution in [2.45, 2.75) is 19.9 Å². The average Bonchev–Trinajstić information content (AvgIpc) is 3.02.